The normalized spacial score (nSPS) is 16.4. The molecule has 1 unspecified atom stereocenters. The molecule has 1 fully saturated rings. The molecule has 0 saturated carbocycles. The Morgan fingerprint density at radius 3 is 2.62 bits per heavy atom. The summed E-state index contributed by atoms with van der Waals surface area (Å²) in [5, 5.41) is 0.153. The molecule has 1 aromatic carbocycles. The van der Waals surface area contributed by atoms with Gasteiger partial charge in [0.15, 0.2) is 6.10 Å². The minimum Gasteiger partial charge on any atom is -0.449 e. The van der Waals surface area contributed by atoms with E-state index >= 15 is 0 Å². The molecule has 1 atom stereocenters. The molecule has 114 valence electrons. The van der Waals surface area contributed by atoms with Crippen molar-refractivity contribution in [2.75, 3.05) is 18.8 Å². The largest absolute Gasteiger partial charge is 0.449 e. The van der Waals surface area contributed by atoms with Gasteiger partial charge < -0.3 is 15.4 Å². The average Bonchev–Trinajstić information content (AvgIpc) is 2.50. The lowest BCUT2D eigenvalue weighted by Crippen LogP contribution is -2.42. The number of rotatable bonds is 3. The SMILES string of the molecule is CC(OC(=O)c1cccc(N)c1Cl)C(=O)N1CCCCC1. The quantitative estimate of drug-likeness (QED) is 0.687. The molecule has 1 amide bonds. The Bertz CT molecular complexity index is 542. The van der Waals surface area contributed by atoms with Gasteiger partial charge in [0.1, 0.15) is 0 Å². The summed E-state index contributed by atoms with van der Waals surface area (Å²) in [5.74, 6) is -0.798. The van der Waals surface area contributed by atoms with E-state index in [1.807, 2.05) is 0 Å². The molecule has 21 heavy (non-hydrogen) atoms. The Labute approximate surface area is 129 Å². The van der Waals surface area contributed by atoms with Gasteiger partial charge in [0.05, 0.1) is 16.3 Å². The van der Waals surface area contributed by atoms with Gasteiger partial charge in [0, 0.05) is 13.1 Å². The third kappa shape index (κ3) is 3.67. The lowest BCUT2D eigenvalue weighted by Gasteiger charge is -2.29. The van der Waals surface area contributed by atoms with E-state index in [-0.39, 0.29) is 16.5 Å². The molecule has 1 heterocycles. The molecule has 0 aromatic heterocycles. The van der Waals surface area contributed by atoms with Crippen LogP contribution < -0.4 is 5.73 Å². The van der Waals surface area contributed by atoms with E-state index in [2.05, 4.69) is 0 Å². The summed E-state index contributed by atoms with van der Waals surface area (Å²) in [6, 6.07) is 4.75. The Kier molecular flexibility index (Phi) is 5.07. The number of likely N-dealkylation sites (tertiary alicyclic amines) is 1. The number of amides is 1. The van der Waals surface area contributed by atoms with Crippen LogP contribution in [0.3, 0.4) is 0 Å². The number of esters is 1. The standard InChI is InChI=1S/C15H19ClN2O3/c1-10(14(19)18-8-3-2-4-9-18)21-15(20)11-6-5-7-12(17)13(11)16/h5-7,10H,2-4,8-9,17H2,1H3. The number of nitrogens with two attached hydrogens (primary N) is 1. The second-order valence-electron chi connectivity index (χ2n) is 5.14. The maximum Gasteiger partial charge on any atom is 0.340 e. The molecule has 1 saturated heterocycles. The molecule has 0 radical (unpaired) electrons. The van der Waals surface area contributed by atoms with Crippen LogP contribution >= 0.6 is 11.6 Å². The summed E-state index contributed by atoms with van der Waals surface area (Å²) in [6.45, 7) is 3.02. The average molecular weight is 311 g/mol. The van der Waals surface area contributed by atoms with Crippen LogP contribution in [-0.4, -0.2) is 36.0 Å². The number of carbonyl (C=O) groups excluding carboxylic acids is 2. The van der Waals surface area contributed by atoms with Crippen LogP contribution in [-0.2, 0) is 9.53 Å². The van der Waals surface area contributed by atoms with Gasteiger partial charge in [-0.25, -0.2) is 4.79 Å². The lowest BCUT2D eigenvalue weighted by atomic mass is 10.1. The summed E-state index contributed by atoms with van der Waals surface area (Å²) in [4.78, 5) is 26.0. The van der Waals surface area contributed by atoms with E-state index in [0.29, 0.717) is 5.69 Å². The van der Waals surface area contributed by atoms with Crippen molar-refractivity contribution in [1.82, 2.24) is 4.90 Å². The summed E-state index contributed by atoms with van der Waals surface area (Å²) < 4.78 is 5.22. The monoisotopic (exact) mass is 310 g/mol. The Balaban J connectivity index is 2.01. The molecule has 1 aliphatic rings. The first-order valence-corrected chi connectivity index (χ1v) is 7.42. The van der Waals surface area contributed by atoms with Gasteiger partial charge in [0.25, 0.3) is 5.91 Å². The highest BCUT2D eigenvalue weighted by Gasteiger charge is 2.26. The fourth-order valence-corrected chi connectivity index (χ4v) is 2.56. The number of hydrogen-bond donors (Lipinski definition) is 1. The number of carbonyl (C=O) groups is 2. The van der Waals surface area contributed by atoms with Crippen LogP contribution in [0.2, 0.25) is 5.02 Å². The number of piperidine rings is 1. The molecule has 1 aromatic rings. The zero-order chi connectivity index (χ0) is 15.4. The van der Waals surface area contributed by atoms with Gasteiger partial charge in [-0.1, -0.05) is 17.7 Å². The first kappa shape index (κ1) is 15.6. The number of nitrogens with zero attached hydrogens (tertiary/aromatic N) is 1. The number of benzene rings is 1. The van der Waals surface area contributed by atoms with Gasteiger partial charge in [-0.2, -0.15) is 0 Å². The summed E-state index contributed by atoms with van der Waals surface area (Å²) in [7, 11) is 0. The highest BCUT2D eigenvalue weighted by molar-refractivity contribution is 6.36. The molecule has 2 N–H and O–H groups in total. The van der Waals surface area contributed by atoms with Crippen LogP contribution in [0, 0.1) is 0 Å². The van der Waals surface area contributed by atoms with Crippen LogP contribution in [0.5, 0.6) is 0 Å². The molecule has 0 bridgehead atoms. The first-order valence-electron chi connectivity index (χ1n) is 7.04. The van der Waals surface area contributed by atoms with Crippen molar-refractivity contribution in [3.63, 3.8) is 0 Å². The molecule has 0 spiro atoms. The van der Waals surface area contributed by atoms with Crippen LogP contribution in [0.4, 0.5) is 5.69 Å². The Morgan fingerprint density at radius 1 is 1.29 bits per heavy atom. The van der Waals surface area contributed by atoms with Crippen molar-refractivity contribution in [2.45, 2.75) is 32.3 Å². The molecule has 5 nitrogen and oxygen atoms in total. The Hall–Kier alpha value is -1.75. The minimum atomic E-state index is -0.826. The maximum absolute atomic E-state index is 12.2. The van der Waals surface area contributed by atoms with E-state index in [4.69, 9.17) is 22.1 Å². The van der Waals surface area contributed by atoms with Crippen LogP contribution in [0.15, 0.2) is 18.2 Å². The van der Waals surface area contributed by atoms with Crippen LogP contribution in [0.25, 0.3) is 0 Å². The highest BCUT2D eigenvalue weighted by Crippen LogP contribution is 2.24. The van der Waals surface area contributed by atoms with E-state index in [1.165, 1.54) is 6.07 Å². The smallest absolute Gasteiger partial charge is 0.340 e. The van der Waals surface area contributed by atoms with Crippen molar-refractivity contribution < 1.29 is 14.3 Å². The fourth-order valence-electron chi connectivity index (χ4n) is 2.35. The summed E-state index contributed by atoms with van der Waals surface area (Å²) in [6.07, 6.45) is 2.30. The summed E-state index contributed by atoms with van der Waals surface area (Å²) >= 11 is 5.98. The minimum absolute atomic E-state index is 0.153. The molecular weight excluding hydrogens is 292 g/mol. The van der Waals surface area contributed by atoms with Crippen molar-refractivity contribution in [2.24, 2.45) is 0 Å². The van der Waals surface area contributed by atoms with E-state index < -0.39 is 12.1 Å². The summed E-state index contributed by atoms with van der Waals surface area (Å²) in [5.41, 5.74) is 6.13. The first-order chi connectivity index (χ1) is 10.0. The lowest BCUT2D eigenvalue weighted by molar-refractivity contribution is -0.140. The second kappa shape index (κ2) is 6.80. The molecule has 6 heteroatoms. The van der Waals surface area contributed by atoms with Gasteiger partial charge in [0.2, 0.25) is 0 Å². The maximum atomic E-state index is 12.2. The van der Waals surface area contributed by atoms with Gasteiger partial charge in [-0.05, 0) is 38.3 Å². The number of anilines is 1. The fraction of sp³-hybridized carbons (Fsp3) is 0.467. The third-order valence-corrected chi connectivity index (χ3v) is 3.97. The number of nitrogen functional groups attached to an aromatic ring is 1. The predicted molar refractivity (Wildman–Crippen MR) is 81.2 cm³/mol. The number of halogens is 1. The van der Waals surface area contributed by atoms with E-state index in [1.54, 1.807) is 24.0 Å². The van der Waals surface area contributed by atoms with E-state index in [0.717, 1.165) is 32.4 Å². The zero-order valence-corrected chi connectivity index (χ0v) is 12.7. The topological polar surface area (TPSA) is 72.6 Å². The zero-order valence-electron chi connectivity index (χ0n) is 12.0. The molecular formula is C15H19ClN2O3. The molecule has 2 rings (SSSR count). The van der Waals surface area contributed by atoms with E-state index in [9.17, 15) is 9.59 Å². The van der Waals surface area contributed by atoms with Crippen LogP contribution in [0.1, 0.15) is 36.5 Å². The van der Waals surface area contributed by atoms with Crippen molar-refractivity contribution in [1.29, 1.82) is 0 Å². The Morgan fingerprint density at radius 2 is 1.95 bits per heavy atom. The van der Waals surface area contributed by atoms with Gasteiger partial charge in [-0.3, -0.25) is 4.79 Å². The van der Waals surface area contributed by atoms with Crippen molar-refractivity contribution >= 4 is 29.2 Å². The molecule has 0 aliphatic carbocycles. The van der Waals surface area contributed by atoms with Gasteiger partial charge in [-0.15, -0.1) is 0 Å². The third-order valence-electron chi connectivity index (χ3n) is 3.55. The van der Waals surface area contributed by atoms with Gasteiger partial charge >= 0.3 is 5.97 Å². The number of ether oxygens (including phenoxy) is 1. The second-order valence-corrected chi connectivity index (χ2v) is 5.52. The number of hydrogen-bond acceptors (Lipinski definition) is 4. The molecule has 1 aliphatic heterocycles. The highest BCUT2D eigenvalue weighted by atomic mass is 35.5. The van der Waals surface area contributed by atoms with Crippen molar-refractivity contribution in [3.8, 4) is 0 Å². The predicted octanol–water partition coefficient (Wildman–Crippen LogP) is 2.48. The van der Waals surface area contributed by atoms with Crippen molar-refractivity contribution in [3.05, 3.63) is 28.8 Å².